The van der Waals surface area contributed by atoms with Gasteiger partial charge in [0, 0.05) is 19.1 Å². The second-order valence-corrected chi connectivity index (χ2v) is 6.88. The number of nitrogens with one attached hydrogen (secondary N) is 1. The van der Waals surface area contributed by atoms with Crippen LogP contribution in [0.5, 0.6) is 0 Å². The molecule has 0 radical (unpaired) electrons. The van der Waals surface area contributed by atoms with Gasteiger partial charge in [0.15, 0.2) is 0 Å². The molecule has 104 valence electrons. The Hall–Kier alpha value is -0.0800. The Labute approximate surface area is 113 Å². The monoisotopic (exact) mass is 250 g/mol. The van der Waals surface area contributed by atoms with E-state index < -0.39 is 0 Å². The van der Waals surface area contributed by atoms with Crippen molar-refractivity contribution in [2.75, 3.05) is 26.2 Å². The lowest BCUT2D eigenvalue weighted by molar-refractivity contribution is 0.155. The van der Waals surface area contributed by atoms with Crippen LogP contribution in [0.3, 0.4) is 0 Å². The Morgan fingerprint density at radius 3 is 1.94 bits per heavy atom. The summed E-state index contributed by atoms with van der Waals surface area (Å²) in [6, 6.07) is 0.974. The Bertz CT molecular complexity index is 217. The van der Waals surface area contributed by atoms with Crippen molar-refractivity contribution >= 4 is 0 Å². The van der Waals surface area contributed by atoms with Crippen molar-refractivity contribution in [3.8, 4) is 0 Å². The van der Waals surface area contributed by atoms with Gasteiger partial charge in [-0.15, -0.1) is 0 Å². The molecule has 2 saturated carbocycles. The summed E-state index contributed by atoms with van der Waals surface area (Å²) in [6.45, 7) is 5.34. The van der Waals surface area contributed by atoms with E-state index in [1.807, 2.05) is 0 Å². The first-order valence-electron chi connectivity index (χ1n) is 8.36. The number of hydrogen-bond acceptors (Lipinski definition) is 2. The van der Waals surface area contributed by atoms with E-state index in [1.165, 1.54) is 84.0 Å². The summed E-state index contributed by atoms with van der Waals surface area (Å²) in [5, 5.41) is 3.50. The SMILES string of the molecule is C1CCC(CN(CC2CCNCC2)C2CC2)CC1. The van der Waals surface area contributed by atoms with Gasteiger partial charge in [0.2, 0.25) is 0 Å². The molecule has 0 atom stereocenters. The van der Waals surface area contributed by atoms with Gasteiger partial charge in [-0.3, -0.25) is 4.90 Å². The molecule has 2 heteroatoms. The van der Waals surface area contributed by atoms with Crippen molar-refractivity contribution in [1.29, 1.82) is 0 Å². The van der Waals surface area contributed by atoms with Gasteiger partial charge in [0.1, 0.15) is 0 Å². The van der Waals surface area contributed by atoms with Gasteiger partial charge in [-0.2, -0.15) is 0 Å². The van der Waals surface area contributed by atoms with Crippen LogP contribution < -0.4 is 5.32 Å². The second kappa shape index (κ2) is 6.38. The van der Waals surface area contributed by atoms with Crippen molar-refractivity contribution in [2.45, 2.75) is 63.8 Å². The van der Waals surface area contributed by atoms with Crippen LogP contribution in [0, 0.1) is 11.8 Å². The maximum absolute atomic E-state index is 3.50. The summed E-state index contributed by atoms with van der Waals surface area (Å²) in [7, 11) is 0. The molecule has 0 spiro atoms. The zero-order valence-corrected chi connectivity index (χ0v) is 11.9. The van der Waals surface area contributed by atoms with Crippen LogP contribution in [0.1, 0.15) is 57.8 Å². The average molecular weight is 250 g/mol. The van der Waals surface area contributed by atoms with Crippen LogP contribution in [0.25, 0.3) is 0 Å². The highest BCUT2D eigenvalue weighted by Crippen LogP contribution is 2.32. The largest absolute Gasteiger partial charge is 0.317 e. The van der Waals surface area contributed by atoms with Crippen molar-refractivity contribution in [3.63, 3.8) is 0 Å². The van der Waals surface area contributed by atoms with Gasteiger partial charge < -0.3 is 5.32 Å². The van der Waals surface area contributed by atoms with Crippen molar-refractivity contribution in [2.24, 2.45) is 11.8 Å². The topological polar surface area (TPSA) is 15.3 Å². The Morgan fingerprint density at radius 2 is 1.33 bits per heavy atom. The molecule has 0 aromatic rings. The van der Waals surface area contributed by atoms with Crippen LogP contribution >= 0.6 is 0 Å². The lowest BCUT2D eigenvalue weighted by Gasteiger charge is -2.34. The highest BCUT2D eigenvalue weighted by Gasteiger charge is 2.32. The molecule has 3 fully saturated rings. The molecule has 1 N–H and O–H groups in total. The minimum atomic E-state index is 0.974. The number of rotatable bonds is 5. The van der Waals surface area contributed by atoms with E-state index in [0.29, 0.717) is 0 Å². The molecule has 1 heterocycles. The molecule has 0 bridgehead atoms. The maximum Gasteiger partial charge on any atom is 0.00966 e. The molecule has 2 aliphatic carbocycles. The van der Waals surface area contributed by atoms with E-state index in [4.69, 9.17) is 0 Å². The minimum absolute atomic E-state index is 0.974. The van der Waals surface area contributed by atoms with Crippen molar-refractivity contribution < 1.29 is 0 Å². The molecule has 0 aromatic heterocycles. The summed E-state index contributed by atoms with van der Waals surface area (Å²) in [4.78, 5) is 2.88. The molecule has 3 rings (SSSR count). The quantitative estimate of drug-likeness (QED) is 0.807. The summed E-state index contributed by atoms with van der Waals surface area (Å²) in [5.74, 6) is 2.01. The van der Waals surface area contributed by atoms with E-state index in [9.17, 15) is 0 Å². The molecule has 1 saturated heterocycles. The predicted molar refractivity (Wildman–Crippen MR) is 76.8 cm³/mol. The fraction of sp³-hybridized carbons (Fsp3) is 1.00. The van der Waals surface area contributed by atoms with Crippen LogP contribution in [-0.2, 0) is 0 Å². The van der Waals surface area contributed by atoms with Crippen molar-refractivity contribution in [3.05, 3.63) is 0 Å². The van der Waals surface area contributed by atoms with Crippen LogP contribution in [0.2, 0.25) is 0 Å². The van der Waals surface area contributed by atoms with E-state index >= 15 is 0 Å². The smallest absolute Gasteiger partial charge is 0.00966 e. The first-order valence-corrected chi connectivity index (χ1v) is 8.36. The standard InChI is InChI=1S/C16H30N2/c1-2-4-14(5-3-1)12-18(16-6-7-16)13-15-8-10-17-11-9-15/h14-17H,1-13H2. The molecule has 18 heavy (non-hydrogen) atoms. The highest BCUT2D eigenvalue weighted by molar-refractivity contribution is 4.88. The Balaban J connectivity index is 1.47. The number of nitrogens with zero attached hydrogens (tertiary/aromatic N) is 1. The molecule has 0 unspecified atom stereocenters. The number of piperidine rings is 1. The van der Waals surface area contributed by atoms with Crippen LogP contribution in [0.4, 0.5) is 0 Å². The Morgan fingerprint density at radius 1 is 0.722 bits per heavy atom. The van der Waals surface area contributed by atoms with E-state index in [-0.39, 0.29) is 0 Å². The summed E-state index contributed by atoms with van der Waals surface area (Å²) >= 11 is 0. The third kappa shape index (κ3) is 3.71. The fourth-order valence-electron chi connectivity index (χ4n) is 3.91. The van der Waals surface area contributed by atoms with Crippen molar-refractivity contribution in [1.82, 2.24) is 10.2 Å². The normalized spacial score (nSPS) is 27.8. The van der Waals surface area contributed by atoms with Crippen LogP contribution in [-0.4, -0.2) is 37.1 Å². The van der Waals surface area contributed by atoms with E-state index in [0.717, 1.165) is 17.9 Å². The van der Waals surface area contributed by atoms with Gasteiger partial charge in [-0.1, -0.05) is 19.3 Å². The van der Waals surface area contributed by atoms with Gasteiger partial charge in [-0.25, -0.2) is 0 Å². The van der Waals surface area contributed by atoms with Gasteiger partial charge in [0.25, 0.3) is 0 Å². The molecule has 0 aromatic carbocycles. The zero-order chi connectivity index (χ0) is 12.2. The van der Waals surface area contributed by atoms with Gasteiger partial charge in [-0.05, 0) is 63.5 Å². The van der Waals surface area contributed by atoms with E-state index in [2.05, 4.69) is 10.2 Å². The molecular weight excluding hydrogens is 220 g/mol. The zero-order valence-electron chi connectivity index (χ0n) is 11.9. The molecule has 2 nitrogen and oxygen atoms in total. The summed E-state index contributed by atoms with van der Waals surface area (Å²) < 4.78 is 0. The molecular formula is C16H30N2. The predicted octanol–water partition coefficient (Wildman–Crippen LogP) is 3.03. The Kier molecular flexibility index (Phi) is 4.58. The molecule has 1 aliphatic heterocycles. The van der Waals surface area contributed by atoms with Gasteiger partial charge >= 0.3 is 0 Å². The highest BCUT2D eigenvalue weighted by atomic mass is 15.2. The molecule has 0 amide bonds. The minimum Gasteiger partial charge on any atom is -0.317 e. The van der Waals surface area contributed by atoms with Crippen LogP contribution in [0.15, 0.2) is 0 Å². The lowest BCUT2D eigenvalue weighted by Crippen LogP contribution is -2.39. The molecule has 3 aliphatic rings. The third-order valence-electron chi connectivity index (χ3n) is 5.23. The maximum atomic E-state index is 3.50. The fourth-order valence-corrected chi connectivity index (χ4v) is 3.91. The summed E-state index contributed by atoms with van der Waals surface area (Å²) in [5.41, 5.74) is 0. The lowest BCUT2D eigenvalue weighted by atomic mass is 9.88. The second-order valence-electron chi connectivity index (χ2n) is 6.88. The first kappa shape index (κ1) is 12.9. The van der Waals surface area contributed by atoms with E-state index in [1.54, 1.807) is 0 Å². The number of hydrogen-bond donors (Lipinski definition) is 1. The third-order valence-corrected chi connectivity index (χ3v) is 5.23. The summed E-state index contributed by atoms with van der Waals surface area (Å²) in [6.07, 6.45) is 13.3. The average Bonchev–Trinajstić information content (AvgIpc) is 3.25. The first-order chi connectivity index (χ1) is 8.92. The van der Waals surface area contributed by atoms with Gasteiger partial charge in [0.05, 0.1) is 0 Å².